The van der Waals surface area contributed by atoms with Gasteiger partial charge < -0.3 is 14.2 Å². The summed E-state index contributed by atoms with van der Waals surface area (Å²) >= 11 is 12.0. The number of rotatable bonds is 3. The molecule has 0 saturated carbocycles. The van der Waals surface area contributed by atoms with Crippen molar-refractivity contribution < 1.29 is 17.3 Å². The first-order chi connectivity index (χ1) is 12.0. The highest BCUT2D eigenvalue weighted by Crippen LogP contribution is 2.43. The summed E-state index contributed by atoms with van der Waals surface area (Å²) in [7, 11) is -4.14. The zero-order valence-corrected chi connectivity index (χ0v) is 15.4. The fraction of sp³-hybridized carbons (Fsp3) is 0.294. The van der Waals surface area contributed by atoms with Crippen LogP contribution in [0.2, 0.25) is 10.0 Å². The predicted octanol–water partition coefficient (Wildman–Crippen LogP) is 3.60. The van der Waals surface area contributed by atoms with Crippen LogP contribution in [0.25, 0.3) is 0 Å². The molecule has 2 aromatic carbocycles. The fourth-order valence-electron chi connectivity index (χ4n) is 3.34. The smallest absolute Gasteiger partial charge is 0.342 e. The van der Waals surface area contributed by atoms with E-state index in [1.165, 1.54) is 12.1 Å². The van der Waals surface area contributed by atoms with Crippen LogP contribution in [0.5, 0.6) is 11.5 Å². The third kappa shape index (κ3) is 3.08. The van der Waals surface area contributed by atoms with Crippen molar-refractivity contribution in [3.05, 3.63) is 52.0 Å². The Balaban J connectivity index is 1.66. The van der Waals surface area contributed by atoms with E-state index >= 15 is 0 Å². The SMILES string of the molecule is O=S(=O)(Oc1ccc2c(c1)C1CCNCC1O2)c1c(Cl)cccc1Cl. The molecule has 0 spiro atoms. The summed E-state index contributed by atoms with van der Waals surface area (Å²) in [5.74, 6) is 1.24. The molecule has 1 N–H and O–H groups in total. The number of hydrogen-bond donors (Lipinski definition) is 1. The van der Waals surface area contributed by atoms with Crippen molar-refractivity contribution in [3.8, 4) is 11.5 Å². The molecule has 2 aliphatic heterocycles. The third-order valence-corrected chi connectivity index (χ3v) is 6.67. The lowest BCUT2D eigenvalue weighted by atomic mass is 9.90. The fourth-order valence-corrected chi connectivity index (χ4v) is 5.36. The van der Waals surface area contributed by atoms with Gasteiger partial charge in [0.2, 0.25) is 0 Å². The van der Waals surface area contributed by atoms with Gasteiger partial charge in [0.15, 0.2) is 0 Å². The summed E-state index contributed by atoms with van der Waals surface area (Å²) < 4.78 is 36.4. The van der Waals surface area contributed by atoms with Gasteiger partial charge in [0.25, 0.3) is 0 Å². The summed E-state index contributed by atoms with van der Waals surface area (Å²) in [5.41, 5.74) is 0.976. The van der Waals surface area contributed by atoms with E-state index < -0.39 is 10.1 Å². The number of nitrogens with one attached hydrogen (secondary N) is 1. The maximum Gasteiger partial charge on any atom is 0.342 e. The number of halogens is 2. The maximum atomic E-state index is 12.6. The molecule has 8 heteroatoms. The molecule has 0 bridgehead atoms. The number of fused-ring (bicyclic) bond motifs is 3. The number of ether oxygens (including phenoxy) is 1. The van der Waals surface area contributed by atoms with Gasteiger partial charge in [-0.05, 0) is 43.3 Å². The average molecular weight is 400 g/mol. The zero-order chi connectivity index (χ0) is 17.6. The Hall–Kier alpha value is -1.47. The molecule has 1 fully saturated rings. The molecule has 2 aliphatic rings. The van der Waals surface area contributed by atoms with Gasteiger partial charge in [-0.1, -0.05) is 29.3 Å². The summed E-state index contributed by atoms with van der Waals surface area (Å²) in [4.78, 5) is -0.227. The topological polar surface area (TPSA) is 64.6 Å². The number of hydrogen-bond acceptors (Lipinski definition) is 5. The number of piperidine rings is 1. The molecule has 132 valence electrons. The van der Waals surface area contributed by atoms with Crippen LogP contribution < -0.4 is 14.2 Å². The van der Waals surface area contributed by atoms with E-state index in [1.54, 1.807) is 24.3 Å². The van der Waals surface area contributed by atoms with Crippen LogP contribution in [-0.2, 0) is 10.1 Å². The van der Waals surface area contributed by atoms with E-state index in [0.29, 0.717) is 0 Å². The van der Waals surface area contributed by atoms with E-state index in [0.717, 1.165) is 30.8 Å². The van der Waals surface area contributed by atoms with Crippen LogP contribution in [0, 0.1) is 0 Å². The van der Waals surface area contributed by atoms with Gasteiger partial charge in [-0.2, -0.15) is 8.42 Å². The summed E-state index contributed by atoms with van der Waals surface area (Å²) in [6.07, 6.45) is 1.01. The first-order valence-corrected chi connectivity index (χ1v) is 10.0. The van der Waals surface area contributed by atoms with E-state index in [9.17, 15) is 8.42 Å². The Labute approximate surface area is 156 Å². The maximum absolute atomic E-state index is 12.6. The lowest BCUT2D eigenvalue weighted by Gasteiger charge is -2.24. The minimum absolute atomic E-state index is 0.0235. The molecule has 2 heterocycles. The highest BCUT2D eigenvalue weighted by Gasteiger charge is 2.36. The molecule has 2 atom stereocenters. The second-order valence-corrected chi connectivity index (χ2v) is 8.34. The summed E-state index contributed by atoms with van der Waals surface area (Å²) in [6, 6.07) is 9.54. The van der Waals surface area contributed by atoms with E-state index in [2.05, 4.69) is 5.32 Å². The molecular formula is C17H15Cl2NO4S. The van der Waals surface area contributed by atoms with Crippen LogP contribution in [0.3, 0.4) is 0 Å². The highest BCUT2D eigenvalue weighted by atomic mass is 35.5. The monoisotopic (exact) mass is 399 g/mol. The molecular weight excluding hydrogens is 385 g/mol. The van der Waals surface area contributed by atoms with Crippen molar-refractivity contribution in [3.63, 3.8) is 0 Å². The van der Waals surface area contributed by atoms with Crippen LogP contribution in [-0.4, -0.2) is 27.6 Å². The second kappa shape index (κ2) is 6.36. The number of benzene rings is 2. The Morgan fingerprint density at radius 3 is 2.68 bits per heavy atom. The largest absolute Gasteiger partial charge is 0.488 e. The third-order valence-electron chi connectivity index (χ3n) is 4.46. The van der Waals surface area contributed by atoms with Crippen molar-refractivity contribution in [1.29, 1.82) is 0 Å². The Bertz CT molecular complexity index is 912. The van der Waals surface area contributed by atoms with Crippen molar-refractivity contribution in [2.75, 3.05) is 13.1 Å². The van der Waals surface area contributed by atoms with Crippen molar-refractivity contribution in [2.45, 2.75) is 23.3 Å². The molecule has 0 radical (unpaired) electrons. The van der Waals surface area contributed by atoms with Crippen LogP contribution in [0.1, 0.15) is 17.9 Å². The van der Waals surface area contributed by atoms with E-state index in [-0.39, 0.29) is 32.7 Å². The van der Waals surface area contributed by atoms with Crippen molar-refractivity contribution >= 4 is 33.3 Å². The van der Waals surface area contributed by atoms with E-state index in [4.69, 9.17) is 32.1 Å². The first kappa shape index (κ1) is 17.0. The van der Waals surface area contributed by atoms with Crippen LogP contribution >= 0.6 is 23.2 Å². The lowest BCUT2D eigenvalue weighted by molar-refractivity contribution is 0.177. The first-order valence-electron chi connectivity index (χ1n) is 7.85. The standard InChI is InChI=1S/C17H15Cl2NO4S/c18-13-2-1-3-14(19)17(13)25(21,22)24-10-4-5-15-12(8-10)11-6-7-20-9-16(11)23-15/h1-5,8,11,16,20H,6-7,9H2. The minimum Gasteiger partial charge on any atom is -0.488 e. The lowest BCUT2D eigenvalue weighted by Crippen LogP contribution is -2.39. The quantitative estimate of drug-likeness (QED) is 0.798. The Morgan fingerprint density at radius 2 is 1.92 bits per heavy atom. The van der Waals surface area contributed by atoms with Crippen LogP contribution in [0.15, 0.2) is 41.3 Å². The predicted molar refractivity (Wildman–Crippen MR) is 95.4 cm³/mol. The molecule has 2 aromatic rings. The van der Waals surface area contributed by atoms with Gasteiger partial charge in [-0.25, -0.2) is 0 Å². The van der Waals surface area contributed by atoms with Gasteiger partial charge in [-0.3, -0.25) is 0 Å². The average Bonchev–Trinajstić information content (AvgIpc) is 2.92. The molecule has 5 nitrogen and oxygen atoms in total. The van der Waals surface area contributed by atoms with Gasteiger partial charge in [-0.15, -0.1) is 0 Å². The van der Waals surface area contributed by atoms with Gasteiger partial charge in [0.1, 0.15) is 22.5 Å². The Morgan fingerprint density at radius 1 is 1.16 bits per heavy atom. The van der Waals surface area contributed by atoms with Crippen molar-refractivity contribution in [1.82, 2.24) is 5.32 Å². The normalized spacial score (nSPS) is 22.0. The molecule has 0 aliphatic carbocycles. The van der Waals surface area contributed by atoms with E-state index in [1.807, 2.05) is 0 Å². The molecule has 25 heavy (non-hydrogen) atoms. The zero-order valence-electron chi connectivity index (χ0n) is 13.0. The summed E-state index contributed by atoms with van der Waals surface area (Å²) in [6.45, 7) is 1.69. The molecule has 1 saturated heterocycles. The summed E-state index contributed by atoms with van der Waals surface area (Å²) in [5, 5.41) is 3.34. The van der Waals surface area contributed by atoms with Gasteiger partial charge in [0, 0.05) is 18.0 Å². The second-order valence-electron chi connectivity index (χ2n) is 6.04. The van der Waals surface area contributed by atoms with Crippen LogP contribution in [0.4, 0.5) is 0 Å². The minimum atomic E-state index is -4.14. The molecule has 2 unspecified atom stereocenters. The molecule has 0 amide bonds. The highest BCUT2D eigenvalue weighted by molar-refractivity contribution is 7.87. The van der Waals surface area contributed by atoms with Gasteiger partial charge >= 0.3 is 10.1 Å². The molecule has 0 aromatic heterocycles. The van der Waals surface area contributed by atoms with Crippen molar-refractivity contribution in [2.24, 2.45) is 0 Å². The van der Waals surface area contributed by atoms with Gasteiger partial charge in [0.05, 0.1) is 10.0 Å². The molecule has 4 rings (SSSR count). The Kier molecular flexibility index (Phi) is 4.32.